The molecule has 1 N–H and O–H groups in total. The Morgan fingerprint density at radius 2 is 2.08 bits per heavy atom. The summed E-state index contributed by atoms with van der Waals surface area (Å²) in [7, 11) is 0. The maximum Gasteiger partial charge on any atom is 0.137 e. The SMILES string of the molecule is C/C=C/Cc1cc(Cl)cc(Cl)c1O. The number of hydrogen-bond acceptors (Lipinski definition) is 1. The Bertz CT molecular complexity index is 332. The third-order valence-corrected chi connectivity index (χ3v) is 2.19. The van der Waals surface area contributed by atoms with Gasteiger partial charge in [0.25, 0.3) is 0 Å². The fraction of sp³-hybridized carbons (Fsp3) is 0.200. The minimum atomic E-state index is 0.115. The molecule has 1 aromatic carbocycles. The van der Waals surface area contributed by atoms with E-state index in [2.05, 4.69) is 0 Å². The number of halogens is 2. The predicted octanol–water partition coefficient (Wildman–Crippen LogP) is 3.82. The molecule has 0 aliphatic rings. The second-order valence-corrected chi connectivity index (χ2v) is 3.51. The van der Waals surface area contributed by atoms with Gasteiger partial charge in [-0.2, -0.15) is 0 Å². The number of phenols is 1. The third kappa shape index (κ3) is 2.64. The summed E-state index contributed by atoms with van der Waals surface area (Å²) in [5, 5.41) is 10.4. The monoisotopic (exact) mass is 216 g/mol. The molecule has 1 aromatic rings. The predicted molar refractivity (Wildman–Crippen MR) is 56.6 cm³/mol. The molecule has 70 valence electrons. The average molecular weight is 217 g/mol. The van der Waals surface area contributed by atoms with Gasteiger partial charge in [0.15, 0.2) is 0 Å². The van der Waals surface area contributed by atoms with Gasteiger partial charge in [0.1, 0.15) is 5.75 Å². The molecule has 0 saturated carbocycles. The van der Waals surface area contributed by atoms with Crippen molar-refractivity contribution in [1.29, 1.82) is 0 Å². The molecular weight excluding hydrogens is 207 g/mol. The molecule has 0 spiro atoms. The molecule has 0 heterocycles. The van der Waals surface area contributed by atoms with Crippen molar-refractivity contribution >= 4 is 23.2 Å². The van der Waals surface area contributed by atoms with E-state index in [9.17, 15) is 5.11 Å². The van der Waals surface area contributed by atoms with Gasteiger partial charge in [-0.25, -0.2) is 0 Å². The lowest BCUT2D eigenvalue weighted by Gasteiger charge is -2.04. The van der Waals surface area contributed by atoms with Crippen molar-refractivity contribution in [1.82, 2.24) is 0 Å². The van der Waals surface area contributed by atoms with Crippen LogP contribution in [0.25, 0.3) is 0 Å². The first-order valence-corrected chi connectivity index (χ1v) is 4.68. The van der Waals surface area contributed by atoms with Gasteiger partial charge in [-0.15, -0.1) is 0 Å². The molecule has 0 aliphatic carbocycles. The highest BCUT2D eigenvalue weighted by Crippen LogP contribution is 2.31. The van der Waals surface area contributed by atoms with Gasteiger partial charge in [0, 0.05) is 10.6 Å². The van der Waals surface area contributed by atoms with Crippen LogP contribution in [0.15, 0.2) is 24.3 Å². The molecule has 0 bridgehead atoms. The minimum absolute atomic E-state index is 0.115. The standard InChI is InChI=1S/C10H10Cl2O/c1-2-3-4-7-5-8(11)6-9(12)10(7)13/h2-3,5-6,13H,4H2,1H3/b3-2+. The smallest absolute Gasteiger partial charge is 0.137 e. The highest BCUT2D eigenvalue weighted by Gasteiger charge is 2.05. The van der Waals surface area contributed by atoms with Crippen molar-refractivity contribution in [3.63, 3.8) is 0 Å². The summed E-state index contributed by atoms with van der Waals surface area (Å²) >= 11 is 11.5. The lowest BCUT2D eigenvalue weighted by Crippen LogP contribution is -1.83. The maximum atomic E-state index is 9.52. The van der Waals surface area contributed by atoms with Crippen LogP contribution in [0.1, 0.15) is 12.5 Å². The fourth-order valence-electron chi connectivity index (χ4n) is 1.02. The van der Waals surface area contributed by atoms with Crippen molar-refractivity contribution in [2.75, 3.05) is 0 Å². The van der Waals surface area contributed by atoms with E-state index in [1.54, 1.807) is 6.07 Å². The second-order valence-electron chi connectivity index (χ2n) is 2.67. The first-order valence-electron chi connectivity index (χ1n) is 3.93. The second kappa shape index (κ2) is 4.54. The lowest BCUT2D eigenvalue weighted by atomic mass is 10.1. The zero-order chi connectivity index (χ0) is 9.84. The molecule has 13 heavy (non-hydrogen) atoms. The van der Waals surface area contributed by atoms with Gasteiger partial charge in [-0.05, 0) is 25.5 Å². The van der Waals surface area contributed by atoms with Gasteiger partial charge >= 0.3 is 0 Å². The van der Waals surface area contributed by atoms with E-state index in [0.29, 0.717) is 16.5 Å². The Labute approximate surface area is 87.6 Å². The Balaban J connectivity index is 3.05. The van der Waals surface area contributed by atoms with Crippen molar-refractivity contribution in [2.24, 2.45) is 0 Å². The Hall–Kier alpha value is -0.660. The fourth-order valence-corrected chi connectivity index (χ4v) is 1.56. The summed E-state index contributed by atoms with van der Waals surface area (Å²) in [5.41, 5.74) is 0.746. The van der Waals surface area contributed by atoms with Gasteiger partial charge < -0.3 is 5.11 Å². The van der Waals surface area contributed by atoms with Crippen LogP contribution in [0.3, 0.4) is 0 Å². The number of rotatable bonds is 2. The van der Waals surface area contributed by atoms with Crippen LogP contribution in [-0.4, -0.2) is 5.11 Å². The van der Waals surface area contributed by atoms with Gasteiger partial charge in [-0.1, -0.05) is 35.4 Å². The highest BCUT2D eigenvalue weighted by atomic mass is 35.5. The van der Waals surface area contributed by atoms with Crippen LogP contribution in [0.2, 0.25) is 10.0 Å². The van der Waals surface area contributed by atoms with Gasteiger partial charge in [0.2, 0.25) is 0 Å². The average Bonchev–Trinajstić information content (AvgIpc) is 2.09. The number of phenolic OH excluding ortho intramolecular Hbond substituents is 1. The number of benzene rings is 1. The Morgan fingerprint density at radius 1 is 1.38 bits per heavy atom. The largest absolute Gasteiger partial charge is 0.506 e. The molecule has 0 radical (unpaired) electrons. The summed E-state index contributed by atoms with van der Waals surface area (Å²) in [5.74, 6) is 0.115. The maximum absolute atomic E-state index is 9.52. The number of hydrogen-bond donors (Lipinski definition) is 1. The van der Waals surface area contributed by atoms with Crippen LogP contribution in [-0.2, 0) is 6.42 Å². The normalized spacial score (nSPS) is 11.0. The topological polar surface area (TPSA) is 20.2 Å². The molecule has 0 amide bonds. The van der Waals surface area contributed by atoms with Crippen LogP contribution in [0, 0.1) is 0 Å². The Morgan fingerprint density at radius 3 is 2.69 bits per heavy atom. The molecule has 0 atom stereocenters. The molecule has 1 nitrogen and oxygen atoms in total. The van der Waals surface area contributed by atoms with E-state index < -0.39 is 0 Å². The van der Waals surface area contributed by atoms with Crippen LogP contribution >= 0.6 is 23.2 Å². The van der Waals surface area contributed by atoms with Crippen molar-refractivity contribution in [2.45, 2.75) is 13.3 Å². The van der Waals surface area contributed by atoms with Crippen LogP contribution in [0.4, 0.5) is 0 Å². The molecule has 0 unspecified atom stereocenters. The molecule has 1 rings (SSSR count). The molecule has 3 heteroatoms. The summed E-state index contributed by atoms with van der Waals surface area (Å²) in [6, 6.07) is 3.24. The van der Waals surface area contributed by atoms with Crippen LogP contribution < -0.4 is 0 Å². The summed E-state index contributed by atoms with van der Waals surface area (Å²) in [6.07, 6.45) is 4.48. The zero-order valence-electron chi connectivity index (χ0n) is 7.22. The molecule has 0 aromatic heterocycles. The van der Waals surface area contributed by atoms with Crippen molar-refractivity contribution in [3.8, 4) is 5.75 Å². The van der Waals surface area contributed by atoms with E-state index >= 15 is 0 Å². The van der Waals surface area contributed by atoms with E-state index in [4.69, 9.17) is 23.2 Å². The molecular formula is C10H10Cl2O. The Kier molecular flexibility index (Phi) is 3.64. The third-order valence-electron chi connectivity index (χ3n) is 1.68. The first kappa shape index (κ1) is 10.4. The van der Waals surface area contributed by atoms with Crippen LogP contribution in [0.5, 0.6) is 5.75 Å². The summed E-state index contributed by atoms with van der Waals surface area (Å²) in [6.45, 7) is 1.92. The zero-order valence-corrected chi connectivity index (χ0v) is 8.73. The van der Waals surface area contributed by atoms with E-state index in [1.807, 2.05) is 19.1 Å². The summed E-state index contributed by atoms with van der Waals surface area (Å²) < 4.78 is 0. The molecule has 0 fully saturated rings. The quantitative estimate of drug-likeness (QED) is 0.746. The highest BCUT2D eigenvalue weighted by molar-refractivity contribution is 6.35. The van der Waals surface area contributed by atoms with E-state index in [1.165, 1.54) is 6.07 Å². The number of allylic oxidation sites excluding steroid dienone is 2. The molecule has 0 saturated heterocycles. The number of aromatic hydroxyl groups is 1. The lowest BCUT2D eigenvalue weighted by molar-refractivity contribution is 0.470. The van der Waals surface area contributed by atoms with Gasteiger partial charge in [-0.3, -0.25) is 0 Å². The first-order chi connectivity index (χ1) is 6.15. The van der Waals surface area contributed by atoms with Crippen molar-refractivity contribution < 1.29 is 5.11 Å². The molecule has 0 aliphatic heterocycles. The minimum Gasteiger partial charge on any atom is -0.506 e. The van der Waals surface area contributed by atoms with E-state index in [-0.39, 0.29) is 5.75 Å². The van der Waals surface area contributed by atoms with Crippen molar-refractivity contribution in [3.05, 3.63) is 39.9 Å². The van der Waals surface area contributed by atoms with E-state index in [0.717, 1.165) is 5.56 Å². The summed E-state index contributed by atoms with van der Waals surface area (Å²) in [4.78, 5) is 0. The van der Waals surface area contributed by atoms with Gasteiger partial charge in [0.05, 0.1) is 5.02 Å².